The number of allylic oxidation sites excluding steroid dienone is 18. The highest BCUT2D eigenvalue weighted by Gasteiger charge is 2.27. The number of aliphatic hydroxyl groups is 3. The highest BCUT2D eigenvalue weighted by Crippen LogP contribution is 2.43. The molecule has 12 heteroatoms. The van der Waals surface area contributed by atoms with Gasteiger partial charge in [0.2, 0.25) is 0 Å². The van der Waals surface area contributed by atoms with Crippen molar-refractivity contribution in [1.82, 2.24) is 0 Å². The quantitative estimate of drug-likeness (QED) is 0.0153. The van der Waals surface area contributed by atoms with Crippen LogP contribution in [-0.2, 0) is 32.7 Å². The number of unbranched alkanes of at least 4 members (excludes halogenated alkanes) is 4. The maximum Gasteiger partial charge on any atom is 0.472 e. The van der Waals surface area contributed by atoms with Crippen LogP contribution in [-0.4, -0.2) is 76.9 Å². The fraction of sp³-hybridized carbons (Fsp3) is 0.542. The number of aliphatic hydroxyl groups excluding tert-OH is 3. The fourth-order valence-electron chi connectivity index (χ4n) is 4.86. The summed E-state index contributed by atoms with van der Waals surface area (Å²) < 4.78 is 32.5. The molecule has 2 unspecified atom stereocenters. The van der Waals surface area contributed by atoms with Gasteiger partial charge in [-0.3, -0.25) is 18.6 Å². The SMILES string of the molecule is CC/C=C\C/C=C\CC(O)/C=C/C=C\C/C=C\C/C=C\CCC(=O)OC[C@H](COP(=O)(O)OC[C@@H](O)CO)OC(=O)CCC/C=C\C/C=C\C/C=C\C/C=C\CCCCC. The summed E-state index contributed by atoms with van der Waals surface area (Å²) in [7, 11) is -4.67. The predicted molar refractivity (Wildman–Crippen MR) is 243 cm³/mol. The number of phosphoric acid groups is 1. The second kappa shape index (κ2) is 42.0. The van der Waals surface area contributed by atoms with Crippen molar-refractivity contribution in [3.05, 3.63) is 122 Å². The van der Waals surface area contributed by atoms with Crippen molar-refractivity contribution in [1.29, 1.82) is 0 Å². The lowest BCUT2D eigenvalue weighted by molar-refractivity contribution is -0.161. The molecule has 0 radical (unpaired) electrons. The Morgan fingerprint density at radius 1 is 0.583 bits per heavy atom. The van der Waals surface area contributed by atoms with Gasteiger partial charge in [0.25, 0.3) is 0 Å². The normalized spacial score (nSPS) is 15.5. The lowest BCUT2D eigenvalue weighted by Gasteiger charge is -2.20. The van der Waals surface area contributed by atoms with Gasteiger partial charge in [0.05, 0.1) is 25.9 Å². The molecular formula is C48H75O11P. The van der Waals surface area contributed by atoms with Crippen LogP contribution in [0.25, 0.3) is 0 Å². The van der Waals surface area contributed by atoms with E-state index >= 15 is 0 Å². The molecule has 0 saturated heterocycles. The van der Waals surface area contributed by atoms with Gasteiger partial charge in [0.1, 0.15) is 12.7 Å². The van der Waals surface area contributed by atoms with E-state index in [-0.39, 0.29) is 12.8 Å². The number of esters is 2. The molecular weight excluding hydrogens is 783 g/mol. The van der Waals surface area contributed by atoms with E-state index in [1.54, 1.807) is 6.08 Å². The first-order valence-corrected chi connectivity index (χ1v) is 23.1. The lowest BCUT2D eigenvalue weighted by Crippen LogP contribution is -2.29. The van der Waals surface area contributed by atoms with Crippen molar-refractivity contribution in [2.45, 2.75) is 141 Å². The van der Waals surface area contributed by atoms with Crippen molar-refractivity contribution in [3.8, 4) is 0 Å². The number of rotatable bonds is 38. The highest BCUT2D eigenvalue weighted by atomic mass is 31.2. The molecule has 0 aromatic rings. The molecule has 0 rings (SSSR count). The molecule has 338 valence electrons. The second-order valence-corrected chi connectivity index (χ2v) is 15.3. The topological polar surface area (TPSA) is 169 Å². The van der Waals surface area contributed by atoms with Gasteiger partial charge in [0, 0.05) is 12.8 Å². The van der Waals surface area contributed by atoms with Crippen LogP contribution in [0.4, 0.5) is 0 Å². The number of hydrogen-bond acceptors (Lipinski definition) is 10. The monoisotopic (exact) mass is 859 g/mol. The molecule has 0 amide bonds. The van der Waals surface area contributed by atoms with Crippen LogP contribution in [0, 0.1) is 0 Å². The van der Waals surface area contributed by atoms with Crippen molar-refractivity contribution < 1.29 is 52.9 Å². The largest absolute Gasteiger partial charge is 0.472 e. The highest BCUT2D eigenvalue weighted by molar-refractivity contribution is 7.47. The molecule has 0 aromatic carbocycles. The average Bonchev–Trinajstić information content (AvgIpc) is 3.23. The van der Waals surface area contributed by atoms with Crippen LogP contribution < -0.4 is 0 Å². The van der Waals surface area contributed by atoms with Gasteiger partial charge >= 0.3 is 19.8 Å². The van der Waals surface area contributed by atoms with E-state index < -0.39 is 64.5 Å². The Labute approximate surface area is 360 Å². The zero-order valence-electron chi connectivity index (χ0n) is 36.2. The van der Waals surface area contributed by atoms with Gasteiger partial charge in [-0.15, -0.1) is 0 Å². The van der Waals surface area contributed by atoms with Gasteiger partial charge in [-0.2, -0.15) is 0 Å². The number of carbonyl (C=O) groups is 2. The van der Waals surface area contributed by atoms with Crippen LogP contribution in [0.2, 0.25) is 0 Å². The third-order valence-corrected chi connectivity index (χ3v) is 9.14. The Kier molecular flexibility index (Phi) is 39.5. The minimum absolute atomic E-state index is 0.0735. The van der Waals surface area contributed by atoms with E-state index in [9.17, 15) is 29.3 Å². The third-order valence-electron chi connectivity index (χ3n) is 8.19. The average molecular weight is 859 g/mol. The molecule has 4 N–H and O–H groups in total. The molecule has 11 nitrogen and oxygen atoms in total. The van der Waals surface area contributed by atoms with E-state index in [0.29, 0.717) is 32.1 Å². The summed E-state index contributed by atoms with van der Waals surface area (Å²) in [5.74, 6) is -1.13. The van der Waals surface area contributed by atoms with Crippen LogP contribution in [0.5, 0.6) is 0 Å². The molecule has 0 spiro atoms. The lowest BCUT2D eigenvalue weighted by atomic mass is 10.2. The van der Waals surface area contributed by atoms with Gasteiger partial charge in [-0.05, 0) is 83.5 Å². The van der Waals surface area contributed by atoms with E-state index in [0.717, 1.165) is 44.9 Å². The van der Waals surface area contributed by atoms with Crippen LogP contribution >= 0.6 is 7.82 Å². The van der Waals surface area contributed by atoms with Gasteiger partial charge in [0.15, 0.2) is 6.10 Å². The minimum atomic E-state index is -4.67. The zero-order chi connectivity index (χ0) is 44.2. The van der Waals surface area contributed by atoms with Crippen molar-refractivity contribution in [3.63, 3.8) is 0 Å². The van der Waals surface area contributed by atoms with E-state index in [4.69, 9.17) is 19.1 Å². The van der Waals surface area contributed by atoms with E-state index in [2.05, 4.69) is 67.0 Å². The molecule has 0 bridgehead atoms. The van der Waals surface area contributed by atoms with Crippen molar-refractivity contribution >= 4 is 19.8 Å². The van der Waals surface area contributed by atoms with Crippen LogP contribution in [0.15, 0.2) is 122 Å². The van der Waals surface area contributed by atoms with Crippen LogP contribution in [0.1, 0.15) is 123 Å². The summed E-state index contributed by atoms with van der Waals surface area (Å²) in [6, 6.07) is 0. The maximum atomic E-state index is 12.6. The first kappa shape index (κ1) is 56.3. The molecule has 0 heterocycles. The number of ether oxygens (including phenoxy) is 2. The summed E-state index contributed by atoms with van der Waals surface area (Å²) in [6.07, 6.45) is 50.7. The summed E-state index contributed by atoms with van der Waals surface area (Å²) in [6.45, 7) is 1.97. The van der Waals surface area contributed by atoms with E-state index in [1.165, 1.54) is 19.3 Å². The Bertz CT molecular complexity index is 1420. The van der Waals surface area contributed by atoms with Crippen molar-refractivity contribution in [2.24, 2.45) is 0 Å². The Morgan fingerprint density at radius 2 is 1.12 bits per heavy atom. The molecule has 0 aliphatic heterocycles. The summed E-state index contributed by atoms with van der Waals surface area (Å²) in [5.41, 5.74) is 0. The van der Waals surface area contributed by atoms with Gasteiger partial charge in [-0.25, -0.2) is 4.57 Å². The van der Waals surface area contributed by atoms with Crippen LogP contribution in [0.3, 0.4) is 0 Å². The molecule has 0 aliphatic rings. The number of phosphoric ester groups is 1. The standard InChI is InChI=1S/C48H75O11P/c1-3-5-7-9-11-12-13-14-15-16-17-18-19-24-27-31-35-39-48(53)59-46(43-58-60(54,55)57-41-45(51)40-49)42-56-47(52)38-34-30-26-23-21-20-22-25-29-33-37-44(50)36-32-28-10-8-6-4-2/h6,8,11-12,14-15,17-18,20-21,24-30,32-33,37,44-46,49-51H,3-5,7,9-10,13,16,19,22-23,31,34-36,38-43H2,1-2H3,(H,54,55)/b8-6-,12-11-,15-14-,18-17-,21-20-,27-24-,29-25-,30-26-,32-28-,37-33+/t44?,45-,46+/m0/s1. The van der Waals surface area contributed by atoms with Crippen molar-refractivity contribution in [2.75, 3.05) is 26.4 Å². The van der Waals surface area contributed by atoms with E-state index in [1.807, 2.05) is 66.8 Å². The Balaban J connectivity index is 4.60. The first-order valence-electron chi connectivity index (χ1n) is 21.6. The number of hydrogen-bond donors (Lipinski definition) is 4. The summed E-state index contributed by atoms with van der Waals surface area (Å²) in [5, 5.41) is 28.3. The Morgan fingerprint density at radius 3 is 1.72 bits per heavy atom. The number of carbonyl (C=O) groups excluding carboxylic acids is 2. The molecule has 0 saturated carbocycles. The fourth-order valence-corrected chi connectivity index (χ4v) is 5.65. The second-order valence-electron chi connectivity index (χ2n) is 13.8. The van der Waals surface area contributed by atoms with Gasteiger partial charge < -0.3 is 29.7 Å². The zero-order valence-corrected chi connectivity index (χ0v) is 37.1. The maximum absolute atomic E-state index is 12.6. The summed E-state index contributed by atoms with van der Waals surface area (Å²) in [4.78, 5) is 34.9. The third kappa shape index (κ3) is 41.1. The minimum Gasteiger partial charge on any atom is -0.462 e. The Hall–Kier alpha value is -3.67. The molecule has 0 fully saturated rings. The molecule has 4 atom stereocenters. The molecule has 0 aromatic heterocycles. The molecule has 0 aliphatic carbocycles. The summed E-state index contributed by atoms with van der Waals surface area (Å²) >= 11 is 0. The van der Waals surface area contributed by atoms with Gasteiger partial charge in [-0.1, -0.05) is 148 Å². The smallest absolute Gasteiger partial charge is 0.462 e. The predicted octanol–water partition coefficient (Wildman–Crippen LogP) is 10.5. The first-order chi connectivity index (χ1) is 29.1. The molecule has 60 heavy (non-hydrogen) atoms.